The predicted molar refractivity (Wildman–Crippen MR) is 107 cm³/mol. The molecule has 144 valence electrons. The summed E-state index contributed by atoms with van der Waals surface area (Å²) in [5.74, 6) is 1.52. The molecule has 2 fully saturated rings. The van der Waals surface area contributed by atoms with Gasteiger partial charge in [0.25, 0.3) is 0 Å². The van der Waals surface area contributed by atoms with Crippen molar-refractivity contribution in [3.05, 3.63) is 35.9 Å². The Labute approximate surface area is 158 Å². The summed E-state index contributed by atoms with van der Waals surface area (Å²) in [6, 6.07) is 10.9. The molecule has 2 N–H and O–H groups in total. The Morgan fingerprint density at radius 2 is 1.92 bits per heavy atom. The van der Waals surface area contributed by atoms with Crippen molar-refractivity contribution in [1.82, 2.24) is 15.5 Å². The van der Waals surface area contributed by atoms with Gasteiger partial charge in [0.2, 0.25) is 5.91 Å². The van der Waals surface area contributed by atoms with E-state index >= 15 is 0 Å². The molecule has 1 amide bonds. The molecule has 0 bridgehead atoms. The SMILES string of the molecule is CN[C@@H](CC(C)(C)C)C(=O)NC1CC[C@H]2CN(Cc3ccccc3)CC12. The number of nitrogens with zero attached hydrogens (tertiary/aromatic N) is 1. The highest BCUT2D eigenvalue weighted by Crippen LogP contribution is 2.38. The van der Waals surface area contributed by atoms with Crippen LogP contribution in [-0.2, 0) is 11.3 Å². The number of hydrogen-bond donors (Lipinski definition) is 2. The Kier molecular flexibility index (Phi) is 6.03. The number of amides is 1. The molecule has 0 spiro atoms. The van der Waals surface area contributed by atoms with Gasteiger partial charge in [0.1, 0.15) is 0 Å². The first kappa shape index (κ1) is 19.4. The number of carbonyl (C=O) groups is 1. The monoisotopic (exact) mass is 357 g/mol. The predicted octanol–water partition coefficient (Wildman–Crippen LogP) is 3.04. The molecule has 1 aliphatic heterocycles. The average molecular weight is 358 g/mol. The summed E-state index contributed by atoms with van der Waals surface area (Å²) in [7, 11) is 1.89. The Hall–Kier alpha value is -1.39. The van der Waals surface area contributed by atoms with Gasteiger partial charge in [-0.25, -0.2) is 0 Å². The van der Waals surface area contributed by atoms with Crippen molar-refractivity contribution in [3.63, 3.8) is 0 Å². The van der Waals surface area contributed by atoms with Crippen molar-refractivity contribution < 1.29 is 4.79 Å². The van der Waals surface area contributed by atoms with E-state index in [0.29, 0.717) is 12.0 Å². The number of nitrogens with one attached hydrogen (secondary N) is 2. The summed E-state index contributed by atoms with van der Waals surface area (Å²) in [6.07, 6.45) is 3.23. The number of fused-ring (bicyclic) bond motifs is 1. The van der Waals surface area contributed by atoms with Crippen molar-refractivity contribution in [2.24, 2.45) is 17.3 Å². The summed E-state index contributed by atoms with van der Waals surface area (Å²) < 4.78 is 0. The third-order valence-corrected chi connectivity index (χ3v) is 5.99. The standard InChI is InChI=1S/C22H35N3O/c1-22(2,3)12-20(23-4)21(26)24-19-11-10-17-14-25(15-18(17)19)13-16-8-6-5-7-9-16/h5-9,17-20,23H,10-15H2,1-4H3,(H,24,26)/t17-,18?,19?,20-/m0/s1. The van der Waals surface area contributed by atoms with E-state index in [1.807, 2.05) is 7.05 Å². The van der Waals surface area contributed by atoms with Crippen LogP contribution in [0.15, 0.2) is 30.3 Å². The number of carbonyl (C=O) groups excluding carboxylic acids is 1. The third-order valence-electron chi connectivity index (χ3n) is 5.99. The van der Waals surface area contributed by atoms with Gasteiger partial charge >= 0.3 is 0 Å². The normalized spacial score (nSPS) is 27.3. The third kappa shape index (κ3) is 4.86. The molecular weight excluding hydrogens is 322 g/mol. The zero-order chi connectivity index (χ0) is 18.7. The smallest absolute Gasteiger partial charge is 0.237 e. The van der Waals surface area contributed by atoms with Gasteiger partial charge in [0.05, 0.1) is 6.04 Å². The minimum absolute atomic E-state index is 0.101. The highest BCUT2D eigenvalue weighted by atomic mass is 16.2. The van der Waals surface area contributed by atoms with Crippen molar-refractivity contribution in [2.75, 3.05) is 20.1 Å². The second kappa shape index (κ2) is 8.10. The molecule has 1 aromatic carbocycles. The van der Waals surface area contributed by atoms with Crippen LogP contribution in [0, 0.1) is 17.3 Å². The van der Waals surface area contributed by atoms with Crippen LogP contribution in [0.4, 0.5) is 0 Å². The maximum Gasteiger partial charge on any atom is 0.237 e. The summed E-state index contributed by atoms with van der Waals surface area (Å²) in [5.41, 5.74) is 1.52. The lowest BCUT2D eigenvalue weighted by molar-refractivity contribution is -0.124. The average Bonchev–Trinajstić information content (AvgIpc) is 3.14. The summed E-state index contributed by atoms with van der Waals surface area (Å²) >= 11 is 0. The maximum absolute atomic E-state index is 12.8. The molecule has 1 aromatic rings. The molecule has 1 saturated heterocycles. The first-order chi connectivity index (χ1) is 12.4. The molecule has 4 heteroatoms. The lowest BCUT2D eigenvalue weighted by Crippen LogP contribution is -2.49. The van der Waals surface area contributed by atoms with Gasteiger partial charge in [-0.3, -0.25) is 9.69 Å². The molecule has 4 atom stereocenters. The van der Waals surface area contributed by atoms with E-state index in [1.165, 1.54) is 18.5 Å². The lowest BCUT2D eigenvalue weighted by Gasteiger charge is -2.28. The summed E-state index contributed by atoms with van der Waals surface area (Å²) in [5, 5.41) is 6.59. The minimum atomic E-state index is -0.101. The fourth-order valence-electron chi connectivity index (χ4n) is 4.73. The Balaban J connectivity index is 1.55. The van der Waals surface area contributed by atoms with Gasteiger partial charge in [-0.05, 0) is 49.1 Å². The van der Waals surface area contributed by atoms with Gasteiger partial charge in [0, 0.05) is 25.7 Å². The molecule has 2 aliphatic rings. The molecule has 0 radical (unpaired) electrons. The zero-order valence-corrected chi connectivity index (χ0v) is 16.8. The lowest BCUT2D eigenvalue weighted by atomic mass is 9.87. The van der Waals surface area contributed by atoms with Crippen LogP contribution >= 0.6 is 0 Å². The summed E-state index contributed by atoms with van der Waals surface area (Å²) in [4.78, 5) is 15.3. The van der Waals surface area contributed by atoms with E-state index < -0.39 is 0 Å². The highest BCUT2D eigenvalue weighted by molar-refractivity contribution is 5.82. The van der Waals surface area contributed by atoms with E-state index in [2.05, 4.69) is 66.6 Å². The topological polar surface area (TPSA) is 44.4 Å². The second-order valence-corrected chi connectivity index (χ2v) is 9.40. The van der Waals surface area contributed by atoms with Crippen LogP contribution in [-0.4, -0.2) is 43.0 Å². The van der Waals surface area contributed by atoms with Gasteiger partial charge in [-0.1, -0.05) is 51.1 Å². The molecule has 1 saturated carbocycles. The van der Waals surface area contributed by atoms with Crippen molar-refractivity contribution >= 4 is 5.91 Å². The molecule has 26 heavy (non-hydrogen) atoms. The highest BCUT2D eigenvalue weighted by Gasteiger charge is 2.43. The second-order valence-electron chi connectivity index (χ2n) is 9.40. The van der Waals surface area contributed by atoms with Crippen molar-refractivity contribution in [2.45, 2.75) is 58.7 Å². The largest absolute Gasteiger partial charge is 0.352 e. The Morgan fingerprint density at radius 1 is 1.19 bits per heavy atom. The first-order valence-electron chi connectivity index (χ1n) is 10.1. The molecule has 0 aromatic heterocycles. The van der Waals surface area contributed by atoms with Gasteiger partial charge in [-0.2, -0.15) is 0 Å². The van der Waals surface area contributed by atoms with E-state index in [1.54, 1.807) is 0 Å². The fourth-order valence-corrected chi connectivity index (χ4v) is 4.73. The van der Waals surface area contributed by atoms with Crippen molar-refractivity contribution in [3.8, 4) is 0 Å². The number of likely N-dealkylation sites (tertiary alicyclic amines) is 1. The molecule has 4 nitrogen and oxygen atoms in total. The van der Waals surface area contributed by atoms with E-state index in [4.69, 9.17) is 0 Å². The van der Waals surface area contributed by atoms with Crippen LogP contribution in [0.1, 0.15) is 45.6 Å². The van der Waals surface area contributed by atoms with Gasteiger partial charge < -0.3 is 10.6 Å². The maximum atomic E-state index is 12.8. The van der Waals surface area contributed by atoms with Gasteiger partial charge in [0.15, 0.2) is 0 Å². The van der Waals surface area contributed by atoms with Crippen LogP contribution in [0.5, 0.6) is 0 Å². The van der Waals surface area contributed by atoms with Gasteiger partial charge in [-0.15, -0.1) is 0 Å². The Morgan fingerprint density at radius 3 is 2.58 bits per heavy atom. The molecular formula is C22H35N3O. The molecule has 1 aliphatic carbocycles. The van der Waals surface area contributed by atoms with Crippen LogP contribution < -0.4 is 10.6 Å². The summed E-state index contributed by atoms with van der Waals surface area (Å²) in [6.45, 7) is 9.87. The van der Waals surface area contributed by atoms with E-state index in [0.717, 1.165) is 31.8 Å². The minimum Gasteiger partial charge on any atom is -0.352 e. The number of rotatable bonds is 6. The van der Waals surface area contributed by atoms with Crippen LogP contribution in [0.25, 0.3) is 0 Å². The number of likely N-dealkylation sites (N-methyl/N-ethyl adjacent to an activating group) is 1. The van der Waals surface area contributed by atoms with Crippen LogP contribution in [0.3, 0.4) is 0 Å². The quantitative estimate of drug-likeness (QED) is 0.822. The Bertz CT molecular complexity index is 595. The van der Waals surface area contributed by atoms with E-state index in [9.17, 15) is 4.79 Å². The number of benzene rings is 1. The zero-order valence-electron chi connectivity index (χ0n) is 16.8. The fraction of sp³-hybridized carbons (Fsp3) is 0.682. The molecule has 3 rings (SSSR count). The van der Waals surface area contributed by atoms with E-state index in [-0.39, 0.29) is 17.4 Å². The molecule has 2 unspecified atom stereocenters. The molecule has 1 heterocycles. The first-order valence-corrected chi connectivity index (χ1v) is 10.1. The number of hydrogen-bond acceptors (Lipinski definition) is 3. The van der Waals surface area contributed by atoms with Crippen molar-refractivity contribution in [1.29, 1.82) is 0 Å². The van der Waals surface area contributed by atoms with Crippen LogP contribution in [0.2, 0.25) is 0 Å².